The van der Waals surface area contributed by atoms with Crippen molar-refractivity contribution in [3.05, 3.63) is 39.7 Å². The fourth-order valence-electron chi connectivity index (χ4n) is 4.33. The molecule has 5 heterocycles. The number of carboxylic acid groups (broad SMARTS) is 1. The monoisotopic (exact) mass is 511 g/mol. The van der Waals surface area contributed by atoms with Crippen LogP contribution in [-0.4, -0.2) is 61.1 Å². The summed E-state index contributed by atoms with van der Waals surface area (Å²) in [5, 5.41) is 16.6. The molecule has 0 spiro atoms. The van der Waals surface area contributed by atoms with Gasteiger partial charge in [-0.2, -0.15) is 4.98 Å². The second-order valence-electron chi connectivity index (χ2n) is 8.36. The summed E-state index contributed by atoms with van der Waals surface area (Å²) < 4.78 is 6.87. The zero-order valence-electron chi connectivity index (χ0n) is 18.3. The predicted molar refractivity (Wildman–Crippen MR) is 130 cm³/mol. The highest BCUT2D eigenvalue weighted by Gasteiger charge is 2.27. The first-order chi connectivity index (χ1) is 16.9. The maximum Gasteiger partial charge on any atom is 0.407 e. The van der Waals surface area contributed by atoms with Crippen molar-refractivity contribution in [3.63, 3.8) is 0 Å². The third-order valence-electron chi connectivity index (χ3n) is 5.98. The molecule has 0 fully saturated rings. The molecular weight excluding hydrogens is 494 g/mol. The first kappa shape index (κ1) is 21.7. The molecule has 0 bridgehead atoms. The Morgan fingerprint density at radius 1 is 1.31 bits per heavy atom. The molecule has 178 valence electrons. The van der Waals surface area contributed by atoms with Crippen LogP contribution in [0.15, 0.2) is 18.3 Å². The van der Waals surface area contributed by atoms with Crippen LogP contribution in [0.1, 0.15) is 27.9 Å². The number of benzene rings is 1. The Morgan fingerprint density at radius 3 is 3.00 bits per heavy atom. The average Bonchev–Trinajstić information content (AvgIpc) is 3.15. The summed E-state index contributed by atoms with van der Waals surface area (Å²) in [6.07, 6.45) is 0.854. The second kappa shape index (κ2) is 8.17. The van der Waals surface area contributed by atoms with Gasteiger partial charge in [-0.15, -0.1) is 11.3 Å². The molecule has 13 heteroatoms. The first-order valence-electron chi connectivity index (χ1n) is 10.9. The summed E-state index contributed by atoms with van der Waals surface area (Å²) >= 11 is 7.50. The van der Waals surface area contributed by atoms with Gasteiger partial charge in [-0.3, -0.25) is 4.79 Å². The fourth-order valence-corrected chi connectivity index (χ4v) is 5.59. The molecule has 1 unspecified atom stereocenters. The summed E-state index contributed by atoms with van der Waals surface area (Å²) in [5.74, 6) is 0.222. The molecule has 4 aromatic rings. The molecule has 2 amide bonds. The van der Waals surface area contributed by atoms with E-state index in [0.717, 1.165) is 15.8 Å². The minimum Gasteiger partial charge on any atom is -0.465 e. The van der Waals surface area contributed by atoms with Crippen molar-refractivity contribution < 1.29 is 19.4 Å². The third kappa shape index (κ3) is 3.74. The van der Waals surface area contributed by atoms with Gasteiger partial charge < -0.3 is 25.4 Å². The molecular formula is C22H18ClN7O4S. The van der Waals surface area contributed by atoms with E-state index in [4.69, 9.17) is 16.3 Å². The topological polar surface area (TPSA) is 142 Å². The number of ether oxygens (including phenoxy) is 1. The molecule has 3 N–H and O–H groups in total. The van der Waals surface area contributed by atoms with E-state index in [-0.39, 0.29) is 35.5 Å². The Bertz CT molecular complexity index is 1540. The Morgan fingerprint density at radius 2 is 2.17 bits per heavy atom. The van der Waals surface area contributed by atoms with Crippen LogP contribution in [0.4, 0.5) is 10.5 Å². The molecule has 6 rings (SSSR count). The third-order valence-corrected chi connectivity index (χ3v) is 7.30. The van der Waals surface area contributed by atoms with E-state index >= 15 is 0 Å². The molecule has 1 aromatic carbocycles. The van der Waals surface area contributed by atoms with Crippen LogP contribution in [0.2, 0.25) is 5.28 Å². The van der Waals surface area contributed by atoms with Crippen LogP contribution in [0, 0.1) is 0 Å². The summed E-state index contributed by atoms with van der Waals surface area (Å²) in [5.41, 5.74) is 3.17. The van der Waals surface area contributed by atoms with Crippen molar-refractivity contribution in [1.29, 1.82) is 0 Å². The lowest BCUT2D eigenvalue weighted by atomic mass is 10.1. The summed E-state index contributed by atoms with van der Waals surface area (Å²) in [4.78, 5) is 43.6. The molecule has 0 radical (unpaired) electrons. The molecule has 0 saturated heterocycles. The largest absolute Gasteiger partial charge is 0.465 e. The van der Waals surface area contributed by atoms with Crippen molar-refractivity contribution in [2.45, 2.75) is 25.9 Å². The van der Waals surface area contributed by atoms with Crippen molar-refractivity contribution in [3.8, 4) is 11.8 Å². The molecule has 3 aromatic heterocycles. The molecule has 2 aliphatic heterocycles. The SMILES string of the molecule is CC1CNc2c(sc3ccc4nc(Oc5nc(Cl)nc6c5CN(C(=O)O)CC6)cnc4c23)C(=O)N1. The maximum atomic E-state index is 12.6. The Hall–Kier alpha value is -3.77. The van der Waals surface area contributed by atoms with Crippen LogP contribution >= 0.6 is 22.9 Å². The number of hydrogen-bond acceptors (Lipinski definition) is 9. The highest BCUT2D eigenvalue weighted by atomic mass is 35.5. The molecule has 0 saturated carbocycles. The van der Waals surface area contributed by atoms with Gasteiger partial charge in [-0.05, 0) is 30.7 Å². The molecule has 35 heavy (non-hydrogen) atoms. The predicted octanol–water partition coefficient (Wildman–Crippen LogP) is 3.66. The zero-order valence-corrected chi connectivity index (χ0v) is 19.9. The van der Waals surface area contributed by atoms with Crippen molar-refractivity contribution in [1.82, 2.24) is 30.2 Å². The standard InChI is InChI=1S/C22H18ClN7O4S/c1-9-6-24-17-15-13(35-18(17)19(31)26-9)3-2-12-16(15)25-7-14(27-12)34-20-10-8-30(22(32)33)5-4-11(10)28-21(23)29-20/h2-3,7,9,24H,4-6,8H2,1H3,(H,26,31)(H,32,33). The molecule has 2 aliphatic rings. The van der Waals surface area contributed by atoms with Gasteiger partial charge in [0.05, 0.1) is 40.7 Å². The molecule has 1 atom stereocenters. The van der Waals surface area contributed by atoms with Crippen molar-refractivity contribution in [2.75, 3.05) is 18.4 Å². The lowest BCUT2D eigenvalue weighted by molar-refractivity contribution is 0.0949. The van der Waals surface area contributed by atoms with Crippen LogP contribution in [0.5, 0.6) is 11.8 Å². The number of nitrogens with zero attached hydrogens (tertiary/aromatic N) is 5. The van der Waals surface area contributed by atoms with E-state index in [9.17, 15) is 14.7 Å². The van der Waals surface area contributed by atoms with Gasteiger partial charge >= 0.3 is 6.09 Å². The van der Waals surface area contributed by atoms with E-state index in [2.05, 4.69) is 30.6 Å². The maximum absolute atomic E-state index is 12.6. The zero-order chi connectivity index (χ0) is 24.3. The number of carbonyl (C=O) groups is 2. The van der Waals surface area contributed by atoms with E-state index in [1.807, 2.05) is 19.1 Å². The Labute approximate surface area is 207 Å². The van der Waals surface area contributed by atoms with Gasteiger partial charge in [0.25, 0.3) is 5.91 Å². The average molecular weight is 512 g/mol. The normalized spacial score (nSPS) is 17.4. The van der Waals surface area contributed by atoms with Gasteiger partial charge in [0, 0.05) is 35.6 Å². The van der Waals surface area contributed by atoms with Crippen LogP contribution in [0.3, 0.4) is 0 Å². The van der Waals surface area contributed by atoms with E-state index < -0.39 is 6.09 Å². The summed E-state index contributed by atoms with van der Waals surface area (Å²) in [6.45, 7) is 2.95. The van der Waals surface area contributed by atoms with E-state index in [0.29, 0.717) is 46.7 Å². The fraction of sp³-hybridized carbons (Fsp3) is 0.273. The molecule has 0 aliphatic carbocycles. The van der Waals surface area contributed by atoms with Gasteiger partial charge in [-0.25, -0.2) is 19.7 Å². The van der Waals surface area contributed by atoms with Crippen LogP contribution < -0.4 is 15.4 Å². The summed E-state index contributed by atoms with van der Waals surface area (Å²) in [7, 11) is 0. The number of nitrogens with one attached hydrogen (secondary N) is 2. The number of anilines is 1. The van der Waals surface area contributed by atoms with Crippen LogP contribution in [-0.2, 0) is 13.0 Å². The van der Waals surface area contributed by atoms with Gasteiger partial charge in [-0.1, -0.05) is 0 Å². The Balaban J connectivity index is 1.40. The van der Waals surface area contributed by atoms with Gasteiger partial charge in [0.2, 0.25) is 17.0 Å². The van der Waals surface area contributed by atoms with Crippen LogP contribution in [0.25, 0.3) is 21.1 Å². The number of thiophene rings is 1. The number of amides is 2. The summed E-state index contributed by atoms with van der Waals surface area (Å²) in [6, 6.07) is 3.73. The highest BCUT2D eigenvalue weighted by molar-refractivity contribution is 7.21. The number of fused-ring (bicyclic) bond motifs is 6. The number of hydrogen-bond donors (Lipinski definition) is 3. The first-order valence-corrected chi connectivity index (χ1v) is 12.0. The van der Waals surface area contributed by atoms with E-state index in [1.165, 1.54) is 22.4 Å². The minimum absolute atomic E-state index is 0.000814. The minimum atomic E-state index is -1.03. The number of halogens is 1. The molecule has 11 nitrogen and oxygen atoms in total. The quantitative estimate of drug-likeness (QED) is 0.343. The lowest BCUT2D eigenvalue weighted by Gasteiger charge is -2.26. The number of carbonyl (C=O) groups excluding carboxylic acids is 1. The number of rotatable bonds is 2. The van der Waals surface area contributed by atoms with Crippen molar-refractivity contribution in [2.24, 2.45) is 0 Å². The second-order valence-corrected chi connectivity index (χ2v) is 9.75. The van der Waals surface area contributed by atoms with E-state index in [1.54, 1.807) is 0 Å². The van der Waals surface area contributed by atoms with Gasteiger partial charge in [0.1, 0.15) is 4.88 Å². The highest BCUT2D eigenvalue weighted by Crippen LogP contribution is 2.40. The Kier molecular flexibility index (Phi) is 5.07. The smallest absolute Gasteiger partial charge is 0.407 e. The lowest BCUT2D eigenvalue weighted by Crippen LogP contribution is -2.35. The van der Waals surface area contributed by atoms with Gasteiger partial charge in [0.15, 0.2) is 0 Å². The van der Waals surface area contributed by atoms with Crippen molar-refractivity contribution >= 4 is 61.7 Å². The number of aromatic nitrogens is 4.